The van der Waals surface area contributed by atoms with Gasteiger partial charge in [-0.3, -0.25) is 4.98 Å². The average Bonchev–Trinajstić information content (AvgIpc) is 2.64. The second-order valence-electron chi connectivity index (χ2n) is 7.75. The number of benzene rings is 1. The number of nitrogens with two attached hydrogens (primary N) is 1. The van der Waals surface area contributed by atoms with E-state index < -0.39 is 12.0 Å². The lowest BCUT2D eigenvalue weighted by Gasteiger charge is -2.30. The lowest BCUT2D eigenvalue weighted by molar-refractivity contribution is 0.200. The first-order valence-electron chi connectivity index (χ1n) is 9.78. The van der Waals surface area contributed by atoms with Crippen molar-refractivity contribution in [3.8, 4) is 17.0 Å². The molecule has 0 spiro atoms. The highest BCUT2D eigenvalue weighted by Crippen LogP contribution is 2.44. The van der Waals surface area contributed by atoms with Crippen LogP contribution in [0.4, 0.5) is 10.2 Å². The summed E-state index contributed by atoms with van der Waals surface area (Å²) < 4.78 is 21.8. The van der Waals surface area contributed by atoms with Crippen molar-refractivity contribution in [1.29, 1.82) is 0 Å². The van der Waals surface area contributed by atoms with Crippen LogP contribution < -0.4 is 10.5 Å². The molecule has 1 saturated carbocycles. The van der Waals surface area contributed by atoms with Crippen molar-refractivity contribution in [2.24, 2.45) is 9.98 Å². The largest absolute Gasteiger partial charge is 0.465 e. The number of hydrogen-bond donors (Lipinski definition) is 1. The predicted octanol–water partition coefficient (Wildman–Crippen LogP) is 3.62. The van der Waals surface area contributed by atoms with Crippen molar-refractivity contribution in [3.63, 3.8) is 0 Å². The first-order chi connectivity index (χ1) is 13.9. The fraction of sp³-hybridized carbons (Fsp3) is 0.429. The Kier molecular flexibility index (Phi) is 5.17. The van der Waals surface area contributed by atoms with Gasteiger partial charge in [0.15, 0.2) is 17.8 Å². The van der Waals surface area contributed by atoms with Gasteiger partial charge in [-0.2, -0.15) is 0 Å². The van der Waals surface area contributed by atoms with E-state index in [0.717, 1.165) is 30.5 Å². The Morgan fingerprint density at radius 2 is 1.97 bits per heavy atom. The fourth-order valence-corrected chi connectivity index (χ4v) is 3.50. The number of ether oxygens (including phenoxy) is 1. The lowest BCUT2D eigenvalue weighted by atomic mass is 9.79. The molecule has 1 unspecified atom stereocenters. The zero-order valence-corrected chi connectivity index (χ0v) is 16.9. The van der Waals surface area contributed by atoms with Gasteiger partial charge < -0.3 is 15.4 Å². The molecule has 2 aromatic rings. The molecule has 1 aromatic carbocycles. The number of halogens is 1. The molecule has 2 aliphatic rings. The second-order valence-corrected chi connectivity index (χ2v) is 7.75. The van der Waals surface area contributed by atoms with Crippen LogP contribution in [0.15, 0.2) is 34.5 Å². The van der Waals surface area contributed by atoms with E-state index in [9.17, 15) is 0 Å². The van der Waals surface area contributed by atoms with Gasteiger partial charge in [-0.15, -0.1) is 0 Å². The monoisotopic (exact) mass is 396 g/mol. The summed E-state index contributed by atoms with van der Waals surface area (Å²) in [7, 11) is 3.75. The Balaban J connectivity index is 1.73. The number of aromatic nitrogens is 2. The average molecular weight is 396 g/mol. The summed E-state index contributed by atoms with van der Waals surface area (Å²) in [6.07, 6.45) is 6.11. The molecule has 1 aromatic heterocycles. The van der Waals surface area contributed by atoms with E-state index >= 15 is 4.39 Å². The van der Waals surface area contributed by atoms with Gasteiger partial charge in [-0.05, 0) is 31.7 Å². The third-order valence-electron chi connectivity index (χ3n) is 5.29. The molecule has 152 valence electrons. The maximum Gasteiger partial charge on any atom is 0.223 e. The Morgan fingerprint density at radius 3 is 2.59 bits per heavy atom. The molecule has 0 saturated heterocycles. The van der Waals surface area contributed by atoms with Crippen LogP contribution in [0.3, 0.4) is 0 Å². The molecule has 29 heavy (non-hydrogen) atoms. The van der Waals surface area contributed by atoms with Gasteiger partial charge >= 0.3 is 0 Å². The van der Waals surface area contributed by atoms with Crippen LogP contribution in [0.1, 0.15) is 44.1 Å². The predicted molar refractivity (Wildman–Crippen MR) is 112 cm³/mol. The van der Waals surface area contributed by atoms with Gasteiger partial charge in [0.1, 0.15) is 5.82 Å². The van der Waals surface area contributed by atoms with Crippen molar-refractivity contribution in [1.82, 2.24) is 14.9 Å². The SMILES string of the molecule is CC1=NC(N(C)C)=NC(Oc2c(C3CCC3)ccc(-c3cnc(N)cn3)c2F)C1. The smallest absolute Gasteiger partial charge is 0.223 e. The molecule has 1 aliphatic carbocycles. The van der Waals surface area contributed by atoms with Crippen LogP contribution in [0.25, 0.3) is 11.3 Å². The normalized spacial score (nSPS) is 19.2. The Bertz CT molecular complexity index is 966. The number of guanidine groups is 1. The standard InChI is InChI=1S/C21H25FN6O/c1-12-9-18(27-21(26-12)28(2)3)29-20-14(13-5-4-6-13)7-8-15(19(20)22)16-10-25-17(23)11-24-16/h7-8,10-11,13,18H,4-6,9H2,1-3H3,(H2,23,25). The highest BCUT2D eigenvalue weighted by atomic mass is 19.1. The van der Waals surface area contributed by atoms with E-state index in [2.05, 4.69) is 20.0 Å². The summed E-state index contributed by atoms with van der Waals surface area (Å²) in [5.41, 5.74) is 8.17. The first kappa shape index (κ1) is 19.3. The molecule has 0 bridgehead atoms. The molecular formula is C21H25FN6O. The first-order valence-corrected chi connectivity index (χ1v) is 9.78. The minimum Gasteiger partial charge on any atom is -0.465 e. The number of hydrogen-bond acceptors (Lipinski definition) is 7. The van der Waals surface area contributed by atoms with Crippen LogP contribution in [0, 0.1) is 5.82 Å². The van der Waals surface area contributed by atoms with Gasteiger partial charge in [-0.1, -0.05) is 12.5 Å². The molecule has 0 radical (unpaired) electrons. The zero-order chi connectivity index (χ0) is 20.5. The minimum atomic E-state index is -0.522. The fourth-order valence-electron chi connectivity index (χ4n) is 3.50. The number of anilines is 1. The molecule has 2 N–H and O–H groups in total. The van der Waals surface area contributed by atoms with Crippen LogP contribution in [-0.2, 0) is 0 Å². The van der Waals surface area contributed by atoms with E-state index in [-0.39, 0.29) is 5.75 Å². The lowest BCUT2D eigenvalue weighted by Crippen LogP contribution is -2.31. The molecule has 1 aliphatic heterocycles. The number of aliphatic imine (C=N–C) groups is 2. The Morgan fingerprint density at radius 1 is 1.17 bits per heavy atom. The van der Waals surface area contributed by atoms with Gasteiger partial charge in [0, 0.05) is 37.4 Å². The van der Waals surface area contributed by atoms with Crippen molar-refractivity contribution in [2.45, 2.75) is 44.8 Å². The molecule has 0 amide bonds. The van der Waals surface area contributed by atoms with E-state index in [1.165, 1.54) is 12.4 Å². The van der Waals surface area contributed by atoms with Gasteiger partial charge in [0.05, 0.1) is 18.1 Å². The number of nitrogens with zero attached hydrogens (tertiary/aromatic N) is 5. The molecule has 1 atom stereocenters. The molecular weight excluding hydrogens is 371 g/mol. The summed E-state index contributed by atoms with van der Waals surface area (Å²) in [5, 5.41) is 0. The second kappa shape index (κ2) is 7.77. The van der Waals surface area contributed by atoms with E-state index in [0.29, 0.717) is 35.4 Å². The Hall–Kier alpha value is -3.03. The number of rotatable bonds is 4. The maximum absolute atomic E-state index is 15.6. The summed E-state index contributed by atoms with van der Waals surface area (Å²) in [6, 6.07) is 3.69. The maximum atomic E-state index is 15.6. The van der Waals surface area contributed by atoms with E-state index in [1.54, 1.807) is 6.07 Å². The molecule has 1 fully saturated rings. The number of nitrogen functional groups attached to an aromatic ring is 1. The highest BCUT2D eigenvalue weighted by molar-refractivity contribution is 5.97. The zero-order valence-electron chi connectivity index (χ0n) is 16.9. The minimum absolute atomic E-state index is 0.257. The van der Waals surface area contributed by atoms with Crippen LogP contribution in [0.2, 0.25) is 0 Å². The molecule has 7 nitrogen and oxygen atoms in total. The summed E-state index contributed by atoms with van der Waals surface area (Å²) >= 11 is 0. The van der Waals surface area contributed by atoms with Gasteiger partial charge in [0.2, 0.25) is 5.96 Å². The van der Waals surface area contributed by atoms with Crippen molar-refractivity contribution in [3.05, 3.63) is 35.9 Å². The highest BCUT2D eigenvalue weighted by Gasteiger charge is 2.29. The van der Waals surface area contributed by atoms with Crippen molar-refractivity contribution >= 4 is 17.5 Å². The topological polar surface area (TPSA) is 89.0 Å². The molecule has 2 heterocycles. The van der Waals surface area contributed by atoms with Gasteiger partial charge in [-0.25, -0.2) is 19.4 Å². The van der Waals surface area contributed by atoms with E-state index in [1.807, 2.05) is 32.0 Å². The quantitative estimate of drug-likeness (QED) is 0.853. The van der Waals surface area contributed by atoms with Crippen molar-refractivity contribution in [2.75, 3.05) is 19.8 Å². The van der Waals surface area contributed by atoms with Gasteiger partial charge in [0.25, 0.3) is 0 Å². The molecule has 4 rings (SSSR count). The summed E-state index contributed by atoms with van der Waals surface area (Å²) in [4.78, 5) is 19.1. The third kappa shape index (κ3) is 3.92. The van der Waals surface area contributed by atoms with Crippen molar-refractivity contribution < 1.29 is 9.13 Å². The summed E-state index contributed by atoms with van der Waals surface area (Å²) in [6.45, 7) is 1.93. The van der Waals surface area contributed by atoms with Crippen LogP contribution in [-0.4, -0.2) is 46.9 Å². The van der Waals surface area contributed by atoms with Crippen LogP contribution >= 0.6 is 0 Å². The molecule has 8 heteroatoms. The third-order valence-corrected chi connectivity index (χ3v) is 5.29. The summed E-state index contributed by atoms with van der Waals surface area (Å²) in [5.74, 6) is 0.994. The van der Waals surface area contributed by atoms with Crippen LogP contribution in [0.5, 0.6) is 5.75 Å². The van der Waals surface area contributed by atoms with E-state index in [4.69, 9.17) is 10.5 Å². The Labute approximate surface area is 169 Å².